The summed E-state index contributed by atoms with van der Waals surface area (Å²) >= 11 is 3.50. The van der Waals surface area contributed by atoms with Gasteiger partial charge in [-0.25, -0.2) is 0 Å². The van der Waals surface area contributed by atoms with Gasteiger partial charge in [-0.1, -0.05) is 88.7 Å². The smallest absolute Gasteiger partial charge is 0.101 e. The molecule has 0 saturated heterocycles. The Morgan fingerprint density at radius 1 is 0.560 bits per heavy atom. The first-order chi connectivity index (χ1) is 12.3. The summed E-state index contributed by atoms with van der Waals surface area (Å²) in [5.41, 5.74) is 6.09. The van der Waals surface area contributed by atoms with E-state index < -0.39 is 0 Å². The maximum Gasteiger partial charge on any atom is 0.101 e. The van der Waals surface area contributed by atoms with Crippen molar-refractivity contribution in [2.45, 2.75) is 0 Å². The Kier molecular flexibility index (Phi) is 4.40. The molecule has 1 heterocycles. The van der Waals surface area contributed by atoms with Gasteiger partial charge in [-0.15, -0.1) is 10.2 Å². The molecule has 0 spiro atoms. The predicted molar refractivity (Wildman–Crippen MR) is 106 cm³/mol. The number of halogens is 1. The van der Waals surface area contributed by atoms with Crippen LogP contribution in [0.15, 0.2) is 95.5 Å². The van der Waals surface area contributed by atoms with Gasteiger partial charge in [0.2, 0.25) is 0 Å². The molecule has 25 heavy (non-hydrogen) atoms. The Labute approximate surface area is 155 Å². The normalized spacial score (nSPS) is 10.6. The van der Waals surface area contributed by atoms with Gasteiger partial charge in [0.05, 0.1) is 5.69 Å². The summed E-state index contributed by atoms with van der Waals surface area (Å²) in [5.74, 6) is 0. The highest BCUT2D eigenvalue weighted by Crippen LogP contribution is 2.33. The van der Waals surface area contributed by atoms with Crippen LogP contribution in [0.2, 0.25) is 0 Å². The molecule has 0 aliphatic heterocycles. The van der Waals surface area contributed by atoms with E-state index in [0.717, 1.165) is 38.1 Å². The maximum atomic E-state index is 4.56. The fourth-order valence-corrected chi connectivity index (χ4v) is 3.06. The molecular weight excluding hydrogens is 372 g/mol. The first-order valence-electron chi connectivity index (χ1n) is 8.06. The Bertz CT molecular complexity index is 981. The monoisotopic (exact) mass is 386 g/mol. The van der Waals surface area contributed by atoms with Crippen molar-refractivity contribution >= 4 is 15.9 Å². The second-order valence-corrected chi connectivity index (χ2v) is 6.65. The molecule has 4 aromatic rings. The number of hydrogen-bond donors (Lipinski definition) is 0. The molecule has 0 fully saturated rings. The molecular formula is C22H15BrN2. The number of hydrogen-bond acceptors (Lipinski definition) is 2. The molecule has 0 N–H and O–H groups in total. The van der Waals surface area contributed by atoms with E-state index in [0.29, 0.717) is 0 Å². The molecule has 0 aliphatic rings. The minimum absolute atomic E-state index is 0.873. The number of rotatable bonds is 3. The Balaban J connectivity index is 1.91. The predicted octanol–water partition coefficient (Wildman–Crippen LogP) is 6.24. The molecule has 3 aromatic carbocycles. The number of benzene rings is 3. The highest BCUT2D eigenvalue weighted by molar-refractivity contribution is 9.10. The van der Waals surface area contributed by atoms with Gasteiger partial charge in [-0.2, -0.15) is 0 Å². The van der Waals surface area contributed by atoms with Crippen LogP contribution in [0.3, 0.4) is 0 Å². The molecule has 0 radical (unpaired) electrons. The third-order valence-electron chi connectivity index (χ3n) is 4.07. The molecule has 0 unspecified atom stereocenters. The first-order valence-corrected chi connectivity index (χ1v) is 8.85. The number of aromatic nitrogens is 2. The first kappa shape index (κ1) is 15.7. The summed E-state index contributed by atoms with van der Waals surface area (Å²) in [6.07, 6.45) is 0. The highest BCUT2D eigenvalue weighted by atomic mass is 79.9. The second-order valence-electron chi connectivity index (χ2n) is 5.73. The van der Waals surface area contributed by atoms with Gasteiger partial charge in [-0.3, -0.25) is 0 Å². The number of nitrogens with zero attached hydrogens (tertiary/aromatic N) is 2. The summed E-state index contributed by atoms with van der Waals surface area (Å²) < 4.78 is 1.06. The van der Waals surface area contributed by atoms with Crippen LogP contribution >= 0.6 is 15.9 Å². The van der Waals surface area contributed by atoms with E-state index in [2.05, 4.69) is 68.6 Å². The molecule has 2 nitrogen and oxygen atoms in total. The van der Waals surface area contributed by atoms with Gasteiger partial charge in [0.1, 0.15) is 5.69 Å². The fourth-order valence-electron chi connectivity index (χ4n) is 2.80. The van der Waals surface area contributed by atoms with Crippen molar-refractivity contribution in [1.82, 2.24) is 10.2 Å². The summed E-state index contributed by atoms with van der Waals surface area (Å²) in [6.45, 7) is 0. The van der Waals surface area contributed by atoms with Crippen molar-refractivity contribution in [3.8, 4) is 33.6 Å². The van der Waals surface area contributed by atoms with Gasteiger partial charge in [0.15, 0.2) is 0 Å². The zero-order valence-corrected chi connectivity index (χ0v) is 15.0. The molecule has 0 atom stereocenters. The van der Waals surface area contributed by atoms with Crippen LogP contribution in [-0.4, -0.2) is 10.2 Å². The van der Waals surface area contributed by atoms with Crippen molar-refractivity contribution in [3.63, 3.8) is 0 Å². The van der Waals surface area contributed by atoms with Gasteiger partial charge >= 0.3 is 0 Å². The summed E-state index contributed by atoms with van der Waals surface area (Å²) in [6, 6.07) is 30.7. The standard InChI is InChI=1S/C22H15BrN2/c23-19-13-11-16(12-14-19)20-15-21(17-7-3-1-4-8-17)24-25-22(20)18-9-5-2-6-10-18/h1-15H. The van der Waals surface area contributed by atoms with Crippen molar-refractivity contribution in [1.29, 1.82) is 0 Å². The van der Waals surface area contributed by atoms with Crippen LogP contribution in [0.4, 0.5) is 0 Å². The van der Waals surface area contributed by atoms with Crippen molar-refractivity contribution in [2.24, 2.45) is 0 Å². The van der Waals surface area contributed by atoms with E-state index in [1.807, 2.05) is 48.5 Å². The van der Waals surface area contributed by atoms with Crippen molar-refractivity contribution < 1.29 is 0 Å². The third kappa shape index (κ3) is 3.37. The van der Waals surface area contributed by atoms with E-state index >= 15 is 0 Å². The van der Waals surface area contributed by atoms with Crippen LogP contribution in [0.25, 0.3) is 33.6 Å². The van der Waals surface area contributed by atoms with E-state index in [4.69, 9.17) is 0 Å². The molecule has 0 saturated carbocycles. The minimum Gasteiger partial charge on any atom is -0.150 e. The van der Waals surface area contributed by atoms with E-state index in [9.17, 15) is 0 Å². The Hall–Kier alpha value is -2.78. The van der Waals surface area contributed by atoms with Crippen LogP contribution in [0.5, 0.6) is 0 Å². The van der Waals surface area contributed by atoms with Gasteiger partial charge in [-0.05, 0) is 23.8 Å². The lowest BCUT2D eigenvalue weighted by molar-refractivity contribution is 1.05. The fraction of sp³-hybridized carbons (Fsp3) is 0. The molecule has 4 rings (SSSR count). The molecule has 1 aromatic heterocycles. The SMILES string of the molecule is Brc1ccc(-c2cc(-c3ccccc3)nnc2-c2ccccc2)cc1. The van der Waals surface area contributed by atoms with Crippen LogP contribution in [-0.2, 0) is 0 Å². The van der Waals surface area contributed by atoms with Gasteiger partial charge < -0.3 is 0 Å². The molecule has 0 amide bonds. The third-order valence-corrected chi connectivity index (χ3v) is 4.59. The maximum absolute atomic E-state index is 4.56. The van der Waals surface area contributed by atoms with Gasteiger partial charge in [0.25, 0.3) is 0 Å². The van der Waals surface area contributed by atoms with Gasteiger partial charge in [0, 0.05) is 21.2 Å². The van der Waals surface area contributed by atoms with Crippen molar-refractivity contribution in [2.75, 3.05) is 0 Å². The summed E-state index contributed by atoms with van der Waals surface area (Å²) in [5, 5.41) is 9.03. The van der Waals surface area contributed by atoms with Crippen LogP contribution in [0.1, 0.15) is 0 Å². The summed E-state index contributed by atoms with van der Waals surface area (Å²) in [7, 11) is 0. The molecule has 0 aliphatic carbocycles. The van der Waals surface area contributed by atoms with Crippen LogP contribution < -0.4 is 0 Å². The van der Waals surface area contributed by atoms with Crippen molar-refractivity contribution in [3.05, 3.63) is 95.5 Å². The Morgan fingerprint density at radius 3 is 1.80 bits per heavy atom. The van der Waals surface area contributed by atoms with E-state index in [1.165, 1.54) is 0 Å². The minimum atomic E-state index is 0.873. The highest BCUT2D eigenvalue weighted by Gasteiger charge is 2.12. The lowest BCUT2D eigenvalue weighted by Crippen LogP contribution is -1.95. The largest absolute Gasteiger partial charge is 0.150 e. The summed E-state index contributed by atoms with van der Waals surface area (Å²) in [4.78, 5) is 0. The lowest BCUT2D eigenvalue weighted by atomic mass is 9.98. The molecule has 0 bridgehead atoms. The average Bonchev–Trinajstić information content (AvgIpc) is 2.69. The van der Waals surface area contributed by atoms with Crippen LogP contribution in [0, 0.1) is 0 Å². The zero-order chi connectivity index (χ0) is 17.1. The lowest BCUT2D eigenvalue weighted by Gasteiger charge is -2.11. The average molecular weight is 387 g/mol. The van der Waals surface area contributed by atoms with E-state index in [1.54, 1.807) is 0 Å². The Morgan fingerprint density at radius 2 is 1.16 bits per heavy atom. The topological polar surface area (TPSA) is 25.8 Å². The quantitative estimate of drug-likeness (QED) is 0.416. The zero-order valence-electron chi connectivity index (χ0n) is 13.4. The molecule has 3 heteroatoms. The van der Waals surface area contributed by atoms with E-state index in [-0.39, 0.29) is 0 Å². The molecule has 120 valence electrons. The second kappa shape index (κ2) is 6.99.